The van der Waals surface area contributed by atoms with Crippen molar-refractivity contribution in [1.82, 2.24) is 24.4 Å². The molecule has 162 valence electrons. The van der Waals surface area contributed by atoms with Crippen LogP contribution in [0.3, 0.4) is 0 Å². The lowest BCUT2D eigenvalue weighted by Crippen LogP contribution is -2.31. The molecule has 2 amide bonds. The number of H-pyrrole nitrogens is 1. The van der Waals surface area contributed by atoms with Crippen LogP contribution in [0.5, 0.6) is 0 Å². The maximum absolute atomic E-state index is 13.1. The van der Waals surface area contributed by atoms with E-state index >= 15 is 0 Å². The van der Waals surface area contributed by atoms with Crippen molar-refractivity contribution in [3.8, 4) is 0 Å². The zero-order chi connectivity index (χ0) is 21.3. The number of nitrogens with zero attached hydrogens (tertiary/aromatic N) is 4. The summed E-state index contributed by atoms with van der Waals surface area (Å²) in [4.78, 5) is 45.7. The number of carbonyl (C=O) groups excluding carboxylic acids is 2. The number of methoxy groups -OCH3 is 1. The van der Waals surface area contributed by atoms with Gasteiger partial charge in [0, 0.05) is 68.6 Å². The molecule has 0 saturated carbocycles. The molecule has 0 aliphatic carbocycles. The van der Waals surface area contributed by atoms with Crippen molar-refractivity contribution in [2.75, 3.05) is 39.9 Å². The molecule has 2 fully saturated rings. The summed E-state index contributed by atoms with van der Waals surface area (Å²) in [5.41, 5.74) is 2.57. The van der Waals surface area contributed by atoms with Crippen LogP contribution in [0.4, 0.5) is 0 Å². The van der Waals surface area contributed by atoms with E-state index in [1.54, 1.807) is 4.90 Å². The van der Waals surface area contributed by atoms with Gasteiger partial charge in [0.2, 0.25) is 11.8 Å². The SMILES string of the molecule is COCC(=O)N1CC[C@H](c2cc3nc(C)c(CCC(=O)N4CCCC4)c(=O)n3[nH]2)C1. The van der Waals surface area contributed by atoms with Gasteiger partial charge < -0.3 is 14.5 Å². The molecule has 1 N–H and O–H groups in total. The third kappa shape index (κ3) is 3.98. The molecule has 0 aromatic carbocycles. The van der Waals surface area contributed by atoms with Crippen molar-refractivity contribution in [3.05, 3.63) is 33.4 Å². The fourth-order valence-electron chi connectivity index (χ4n) is 4.50. The van der Waals surface area contributed by atoms with E-state index in [-0.39, 0.29) is 29.9 Å². The number of amides is 2. The van der Waals surface area contributed by atoms with Crippen molar-refractivity contribution in [2.45, 2.75) is 44.9 Å². The molecule has 30 heavy (non-hydrogen) atoms. The zero-order valence-electron chi connectivity index (χ0n) is 17.6. The van der Waals surface area contributed by atoms with Crippen molar-refractivity contribution in [3.63, 3.8) is 0 Å². The molecule has 0 spiro atoms. The van der Waals surface area contributed by atoms with Crippen LogP contribution < -0.4 is 5.56 Å². The fourth-order valence-corrected chi connectivity index (χ4v) is 4.50. The number of nitrogens with one attached hydrogen (secondary N) is 1. The molecule has 0 unspecified atom stereocenters. The van der Waals surface area contributed by atoms with E-state index in [0.717, 1.165) is 38.0 Å². The molecule has 2 aliphatic rings. The smallest absolute Gasteiger partial charge is 0.276 e. The van der Waals surface area contributed by atoms with Crippen LogP contribution in [0.25, 0.3) is 5.65 Å². The second-order valence-corrected chi connectivity index (χ2v) is 8.23. The summed E-state index contributed by atoms with van der Waals surface area (Å²) in [5.74, 6) is 0.218. The summed E-state index contributed by atoms with van der Waals surface area (Å²) in [6.45, 7) is 4.82. The Labute approximate surface area is 175 Å². The van der Waals surface area contributed by atoms with Gasteiger partial charge in [0.25, 0.3) is 5.56 Å². The van der Waals surface area contributed by atoms with E-state index in [1.807, 2.05) is 17.9 Å². The number of rotatable bonds is 6. The highest BCUT2D eigenvalue weighted by molar-refractivity contribution is 5.78. The van der Waals surface area contributed by atoms with E-state index in [2.05, 4.69) is 10.1 Å². The summed E-state index contributed by atoms with van der Waals surface area (Å²) < 4.78 is 6.41. The highest BCUT2D eigenvalue weighted by atomic mass is 16.5. The Bertz CT molecular complexity index is 1000. The average Bonchev–Trinajstić information content (AvgIpc) is 3.47. The molecule has 0 bridgehead atoms. The number of aryl methyl sites for hydroxylation is 1. The highest BCUT2D eigenvalue weighted by Crippen LogP contribution is 2.26. The van der Waals surface area contributed by atoms with Crippen molar-refractivity contribution in [2.24, 2.45) is 0 Å². The number of ether oxygens (including phenoxy) is 1. The molecule has 2 aromatic rings. The molecule has 4 heterocycles. The van der Waals surface area contributed by atoms with Gasteiger partial charge in [-0.1, -0.05) is 0 Å². The Morgan fingerprint density at radius 3 is 2.70 bits per heavy atom. The van der Waals surface area contributed by atoms with E-state index in [4.69, 9.17) is 4.74 Å². The minimum atomic E-state index is -0.150. The minimum absolute atomic E-state index is 0.0211. The second kappa shape index (κ2) is 8.59. The normalized spacial score (nSPS) is 19.2. The molecule has 9 heteroatoms. The Kier molecular flexibility index (Phi) is 5.90. The number of hydrogen-bond donors (Lipinski definition) is 1. The van der Waals surface area contributed by atoms with Crippen LogP contribution in [0.2, 0.25) is 0 Å². The van der Waals surface area contributed by atoms with Gasteiger partial charge in [0.1, 0.15) is 6.61 Å². The Morgan fingerprint density at radius 2 is 1.97 bits per heavy atom. The van der Waals surface area contributed by atoms with E-state index in [9.17, 15) is 14.4 Å². The highest BCUT2D eigenvalue weighted by Gasteiger charge is 2.29. The second-order valence-electron chi connectivity index (χ2n) is 8.23. The third-order valence-electron chi connectivity index (χ3n) is 6.23. The maximum atomic E-state index is 13.1. The molecular weight excluding hydrogens is 386 g/mol. The van der Waals surface area contributed by atoms with E-state index in [1.165, 1.54) is 11.6 Å². The van der Waals surface area contributed by atoms with Crippen molar-refractivity contribution < 1.29 is 14.3 Å². The lowest BCUT2D eigenvalue weighted by atomic mass is 10.1. The van der Waals surface area contributed by atoms with Crippen molar-refractivity contribution >= 4 is 17.5 Å². The third-order valence-corrected chi connectivity index (χ3v) is 6.23. The summed E-state index contributed by atoms with van der Waals surface area (Å²) in [5, 5.41) is 3.18. The summed E-state index contributed by atoms with van der Waals surface area (Å²) in [6.07, 6.45) is 3.67. The molecule has 2 aliphatic heterocycles. The Balaban J connectivity index is 1.51. The fraction of sp³-hybridized carbons (Fsp3) is 0.619. The van der Waals surface area contributed by atoms with Crippen LogP contribution in [-0.2, 0) is 20.7 Å². The van der Waals surface area contributed by atoms with Gasteiger partial charge in [-0.15, -0.1) is 0 Å². The number of aromatic nitrogens is 3. The van der Waals surface area contributed by atoms with Gasteiger partial charge in [0.15, 0.2) is 5.65 Å². The summed E-state index contributed by atoms with van der Waals surface area (Å²) in [6, 6.07) is 1.89. The number of fused-ring (bicyclic) bond motifs is 1. The number of hydrogen-bond acceptors (Lipinski definition) is 5. The zero-order valence-corrected chi connectivity index (χ0v) is 17.6. The predicted octanol–water partition coefficient (Wildman–Crippen LogP) is 0.848. The first-order valence-corrected chi connectivity index (χ1v) is 10.6. The molecule has 2 saturated heterocycles. The lowest BCUT2D eigenvalue weighted by Gasteiger charge is -2.15. The minimum Gasteiger partial charge on any atom is -0.375 e. The first-order chi connectivity index (χ1) is 14.5. The molecule has 0 radical (unpaired) electrons. The van der Waals surface area contributed by atoms with Crippen LogP contribution >= 0.6 is 0 Å². The first kappa shape index (κ1) is 20.6. The van der Waals surface area contributed by atoms with Gasteiger partial charge in [-0.2, -0.15) is 0 Å². The standard InChI is InChI=1S/C21H29N5O4/c1-14-16(5-6-19(27)24-8-3-4-9-24)21(29)26-18(22-14)11-17(23-26)15-7-10-25(12-15)20(28)13-30-2/h11,15,23H,3-10,12-13H2,1-2H3/t15-/m0/s1. The predicted molar refractivity (Wildman–Crippen MR) is 110 cm³/mol. The van der Waals surface area contributed by atoms with Crippen LogP contribution in [0, 0.1) is 6.92 Å². The van der Waals surface area contributed by atoms with Crippen LogP contribution in [0.15, 0.2) is 10.9 Å². The van der Waals surface area contributed by atoms with Crippen LogP contribution in [-0.4, -0.2) is 76.1 Å². The summed E-state index contributed by atoms with van der Waals surface area (Å²) >= 11 is 0. The number of likely N-dealkylation sites (tertiary alicyclic amines) is 2. The van der Waals surface area contributed by atoms with Gasteiger partial charge in [0.05, 0.1) is 0 Å². The molecule has 9 nitrogen and oxygen atoms in total. The van der Waals surface area contributed by atoms with Gasteiger partial charge in [-0.3, -0.25) is 19.5 Å². The van der Waals surface area contributed by atoms with Crippen molar-refractivity contribution in [1.29, 1.82) is 0 Å². The molecule has 1 atom stereocenters. The van der Waals surface area contributed by atoms with Crippen LogP contribution in [0.1, 0.15) is 48.6 Å². The van der Waals surface area contributed by atoms with Gasteiger partial charge in [-0.05, 0) is 32.6 Å². The Morgan fingerprint density at radius 1 is 1.20 bits per heavy atom. The largest absolute Gasteiger partial charge is 0.375 e. The molecular formula is C21H29N5O4. The molecule has 4 rings (SSSR count). The molecule has 2 aromatic heterocycles. The van der Waals surface area contributed by atoms with E-state index in [0.29, 0.717) is 42.8 Å². The monoisotopic (exact) mass is 415 g/mol. The first-order valence-electron chi connectivity index (χ1n) is 10.6. The Hall–Kier alpha value is -2.68. The number of aromatic amines is 1. The van der Waals surface area contributed by atoms with E-state index < -0.39 is 0 Å². The lowest BCUT2D eigenvalue weighted by molar-refractivity contribution is -0.134. The quantitative estimate of drug-likeness (QED) is 0.754. The van der Waals surface area contributed by atoms with Gasteiger partial charge in [-0.25, -0.2) is 9.50 Å². The summed E-state index contributed by atoms with van der Waals surface area (Å²) in [7, 11) is 1.51. The number of carbonyl (C=O) groups is 2. The maximum Gasteiger partial charge on any atom is 0.276 e. The van der Waals surface area contributed by atoms with Gasteiger partial charge >= 0.3 is 0 Å². The average molecular weight is 415 g/mol. The topological polar surface area (TPSA) is 100 Å².